The van der Waals surface area contributed by atoms with Crippen LogP contribution < -0.4 is 11.2 Å². The normalized spacial score (nSPS) is 12.1. The first-order valence-electron chi connectivity index (χ1n) is 8.58. The second kappa shape index (κ2) is 9.34. The van der Waals surface area contributed by atoms with Gasteiger partial charge in [-0.25, -0.2) is 9.36 Å². The van der Waals surface area contributed by atoms with Crippen LogP contribution in [0.4, 0.5) is 0 Å². The maximum absolute atomic E-state index is 12.8. The summed E-state index contributed by atoms with van der Waals surface area (Å²) in [5, 5.41) is 0.257. The third kappa shape index (κ3) is 4.73. The summed E-state index contributed by atoms with van der Waals surface area (Å²) in [6.07, 6.45) is 9.14. The Morgan fingerprint density at radius 3 is 2.87 bits per heavy atom. The zero-order chi connectivity index (χ0) is 21.7. The van der Waals surface area contributed by atoms with Gasteiger partial charge in [0, 0.05) is 52.1 Å². The number of aromatic nitrogens is 3. The average Bonchev–Trinajstić information content (AvgIpc) is 3.15. The molecule has 0 aliphatic rings. The summed E-state index contributed by atoms with van der Waals surface area (Å²) in [5.74, 6) is 0.379. The number of hydrogen-bond acceptors (Lipinski definition) is 6. The molecule has 1 N–H and O–H groups in total. The lowest BCUT2D eigenvalue weighted by Gasteiger charge is -2.03. The topological polar surface area (TPSA) is 89.3 Å². The highest BCUT2D eigenvalue weighted by Crippen LogP contribution is 2.33. The van der Waals surface area contributed by atoms with Crippen molar-refractivity contribution < 1.29 is 4.74 Å². The van der Waals surface area contributed by atoms with E-state index in [9.17, 15) is 9.59 Å². The summed E-state index contributed by atoms with van der Waals surface area (Å²) in [6, 6.07) is 5.28. The van der Waals surface area contributed by atoms with Crippen LogP contribution in [-0.4, -0.2) is 27.9 Å². The Kier molecular flexibility index (Phi) is 6.61. The molecule has 0 radical (unpaired) electrons. The molecule has 152 valence electrons. The molecule has 0 aromatic carbocycles. The summed E-state index contributed by atoms with van der Waals surface area (Å²) in [6.45, 7) is 7.48. The molecule has 3 heterocycles. The number of nitrogens with zero attached hydrogens (tertiary/aromatic N) is 3. The van der Waals surface area contributed by atoms with E-state index in [-0.39, 0.29) is 5.03 Å². The number of fused-ring (bicyclic) bond motifs is 1. The van der Waals surface area contributed by atoms with Crippen LogP contribution in [0.1, 0.15) is 10.4 Å². The summed E-state index contributed by atoms with van der Waals surface area (Å²) < 4.78 is 6.37. The van der Waals surface area contributed by atoms with Gasteiger partial charge in [-0.05, 0) is 18.2 Å². The number of allylic oxidation sites excluding steroid dienone is 3. The second-order valence-electron chi connectivity index (χ2n) is 5.95. The molecule has 9 heteroatoms. The van der Waals surface area contributed by atoms with Gasteiger partial charge in [0.2, 0.25) is 0 Å². The molecule has 0 fully saturated rings. The van der Waals surface area contributed by atoms with E-state index >= 15 is 0 Å². The Morgan fingerprint density at radius 2 is 2.20 bits per heavy atom. The molecule has 7 nitrogen and oxygen atoms in total. The molecule has 3 rings (SSSR count). The molecule has 0 spiro atoms. The molecular formula is C21H17ClN4O3S. The van der Waals surface area contributed by atoms with Crippen LogP contribution in [0.25, 0.3) is 22.0 Å². The number of hydrogen-bond donors (Lipinski definition) is 1. The van der Waals surface area contributed by atoms with Gasteiger partial charge in [-0.1, -0.05) is 30.8 Å². The fraction of sp³-hybridized carbons (Fsp3) is 0.0476. The lowest BCUT2D eigenvalue weighted by Crippen LogP contribution is -2.30. The summed E-state index contributed by atoms with van der Waals surface area (Å²) in [7, 11) is 1.48. The van der Waals surface area contributed by atoms with Crippen molar-refractivity contribution in [2.45, 2.75) is 0 Å². The number of aliphatic imine (C=N–C) groups is 1. The average molecular weight is 441 g/mol. The molecular weight excluding hydrogens is 424 g/mol. The highest BCUT2D eigenvalue weighted by molar-refractivity contribution is 7.20. The zero-order valence-corrected chi connectivity index (χ0v) is 17.5. The van der Waals surface area contributed by atoms with E-state index in [1.165, 1.54) is 30.8 Å². The van der Waals surface area contributed by atoms with Crippen molar-refractivity contribution in [3.63, 3.8) is 0 Å². The molecule has 0 aliphatic carbocycles. The Balaban J connectivity index is 2.00. The monoisotopic (exact) mass is 440 g/mol. The first-order chi connectivity index (χ1) is 14.4. The van der Waals surface area contributed by atoms with E-state index in [1.54, 1.807) is 36.8 Å². The first-order valence-corrected chi connectivity index (χ1v) is 9.78. The standard InChI is InChI=1S/C21H17ClN4O3S/c1-13(29-3)9-16(14(2)22)18-10-17-19(30-18)20(27)26(21(28)25-17)8-7-24-12-15-5-4-6-23-11-15/h4-12H,1-2H2,3H3,(H,25,28)/b8-7+,16-9+,24-12?. The van der Waals surface area contributed by atoms with Crippen LogP contribution in [0, 0.1) is 0 Å². The van der Waals surface area contributed by atoms with E-state index in [0.717, 1.165) is 10.1 Å². The van der Waals surface area contributed by atoms with Gasteiger partial charge in [-0.15, -0.1) is 11.3 Å². The predicted molar refractivity (Wildman–Crippen MR) is 123 cm³/mol. The summed E-state index contributed by atoms with van der Waals surface area (Å²) >= 11 is 7.28. The molecule has 0 bridgehead atoms. The van der Waals surface area contributed by atoms with Crippen molar-refractivity contribution in [1.29, 1.82) is 0 Å². The van der Waals surface area contributed by atoms with E-state index in [1.807, 2.05) is 6.07 Å². The Hall–Kier alpha value is -3.49. The van der Waals surface area contributed by atoms with E-state index < -0.39 is 11.2 Å². The van der Waals surface area contributed by atoms with Gasteiger partial charge in [0.05, 0.1) is 12.6 Å². The van der Waals surface area contributed by atoms with Crippen LogP contribution in [0.2, 0.25) is 0 Å². The Labute approximate surface area is 180 Å². The minimum atomic E-state index is -0.582. The van der Waals surface area contributed by atoms with Gasteiger partial charge in [-0.3, -0.25) is 14.8 Å². The molecule has 0 saturated carbocycles. The molecule has 3 aromatic rings. The van der Waals surface area contributed by atoms with Crippen LogP contribution in [0.15, 0.2) is 81.4 Å². The lowest BCUT2D eigenvalue weighted by atomic mass is 10.2. The number of pyridine rings is 1. The van der Waals surface area contributed by atoms with Crippen molar-refractivity contribution in [3.05, 3.63) is 98.1 Å². The number of H-pyrrole nitrogens is 1. The highest BCUT2D eigenvalue weighted by atomic mass is 35.5. The number of aromatic amines is 1. The SMILES string of the molecule is C=C(/C=C(\C(=C)Cl)c1cc2[nH]c(=O)n(/C=C/N=Cc3cccnc3)c(=O)c2s1)OC. The first kappa shape index (κ1) is 21.2. The van der Waals surface area contributed by atoms with E-state index in [0.29, 0.717) is 26.4 Å². The van der Waals surface area contributed by atoms with Crippen molar-refractivity contribution in [2.24, 2.45) is 4.99 Å². The lowest BCUT2D eigenvalue weighted by molar-refractivity contribution is 0.309. The maximum Gasteiger partial charge on any atom is 0.333 e. The van der Waals surface area contributed by atoms with Crippen LogP contribution in [0.3, 0.4) is 0 Å². The van der Waals surface area contributed by atoms with Gasteiger partial charge >= 0.3 is 5.69 Å². The molecule has 3 aromatic heterocycles. The minimum absolute atomic E-state index is 0.257. The zero-order valence-electron chi connectivity index (χ0n) is 16.0. The second-order valence-corrected chi connectivity index (χ2v) is 7.46. The van der Waals surface area contributed by atoms with Crippen molar-refractivity contribution in [1.82, 2.24) is 14.5 Å². The number of halogens is 1. The number of nitrogens with one attached hydrogen (secondary N) is 1. The number of rotatable bonds is 7. The van der Waals surface area contributed by atoms with Crippen molar-refractivity contribution in [3.8, 4) is 0 Å². The number of ether oxygens (including phenoxy) is 1. The quantitative estimate of drug-likeness (QED) is 0.341. The minimum Gasteiger partial charge on any atom is -0.497 e. The number of thiophene rings is 1. The summed E-state index contributed by atoms with van der Waals surface area (Å²) in [4.78, 5) is 36.6. The summed E-state index contributed by atoms with van der Waals surface area (Å²) in [5.41, 5.74) is 0.692. The van der Waals surface area contributed by atoms with Crippen molar-refractivity contribution >= 4 is 51.1 Å². The molecule has 0 atom stereocenters. The van der Waals surface area contributed by atoms with Crippen LogP contribution >= 0.6 is 22.9 Å². The van der Waals surface area contributed by atoms with Gasteiger partial charge < -0.3 is 9.72 Å². The largest absolute Gasteiger partial charge is 0.497 e. The number of methoxy groups -OCH3 is 1. The molecule has 0 unspecified atom stereocenters. The maximum atomic E-state index is 12.8. The molecule has 0 amide bonds. The Bertz CT molecular complexity index is 1310. The van der Waals surface area contributed by atoms with E-state index in [4.69, 9.17) is 16.3 Å². The van der Waals surface area contributed by atoms with Crippen molar-refractivity contribution in [2.75, 3.05) is 7.11 Å². The fourth-order valence-corrected chi connectivity index (χ4v) is 3.78. The van der Waals surface area contributed by atoms with Gasteiger partial charge in [-0.2, -0.15) is 0 Å². The fourth-order valence-electron chi connectivity index (χ4n) is 2.48. The van der Waals surface area contributed by atoms with Gasteiger partial charge in [0.15, 0.2) is 0 Å². The highest BCUT2D eigenvalue weighted by Gasteiger charge is 2.14. The smallest absolute Gasteiger partial charge is 0.333 e. The van der Waals surface area contributed by atoms with E-state index in [2.05, 4.69) is 28.1 Å². The third-order valence-electron chi connectivity index (χ3n) is 3.94. The Morgan fingerprint density at radius 1 is 1.40 bits per heavy atom. The molecule has 0 aliphatic heterocycles. The predicted octanol–water partition coefficient (Wildman–Crippen LogP) is 3.99. The third-order valence-corrected chi connectivity index (χ3v) is 5.30. The molecule has 30 heavy (non-hydrogen) atoms. The van der Waals surface area contributed by atoms with Crippen LogP contribution in [0.5, 0.6) is 0 Å². The van der Waals surface area contributed by atoms with Gasteiger partial charge in [0.1, 0.15) is 10.5 Å². The van der Waals surface area contributed by atoms with Crippen LogP contribution in [-0.2, 0) is 4.74 Å². The molecule has 0 saturated heterocycles. The van der Waals surface area contributed by atoms with Gasteiger partial charge in [0.25, 0.3) is 5.56 Å².